The first-order valence-corrected chi connectivity index (χ1v) is 9.60. The monoisotopic (exact) mass is 367 g/mol. The van der Waals surface area contributed by atoms with Crippen molar-refractivity contribution in [1.29, 1.82) is 0 Å². The van der Waals surface area contributed by atoms with Gasteiger partial charge in [-0.1, -0.05) is 13.8 Å². The smallest absolute Gasteiger partial charge is 0.243 e. The van der Waals surface area contributed by atoms with Crippen LogP contribution in [-0.2, 0) is 21.3 Å². The highest BCUT2D eigenvalue weighted by Crippen LogP contribution is 2.21. The SMILES string of the molecule is COCCN(Cc1ccoc1)S(=O)(=O)c1ccc(OCC(C)C)cc1. The summed E-state index contributed by atoms with van der Waals surface area (Å²) in [5.74, 6) is 1.06. The molecular weight excluding hydrogens is 342 g/mol. The average molecular weight is 367 g/mol. The molecule has 1 aromatic heterocycles. The number of hydrogen-bond donors (Lipinski definition) is 0. The van der Waals surface area contributed by atoms with Gasteiger partial charge < -0.3 is 13.9 Å². The summed E-state index contributed by atoms with van der Waals surface area (Å²) in [4.78, 5) is 0.226. The van der Waals surface area contributed by atoms with E-state index >= 15 is 0 Å². The Balaban J connectivity index is 2.17. The summed E-state index contributed by atoms with van der Waals surface area (Å²) >= 11 is 0. The van der Waals surface area contributed by atoms with Crippen molar-refractivity contribution < 1.29 is 22.3 Å². The molecule has 138 valence electrons. The summed E-state index contributed by atoms with van der Waals surface area (Å²) in [6, 6.07) is 8.25. The molecule has 7 heteroatoms. The second-order valence-corrected chi connectivity index (χ2v) is 8.08. The second-order valence-electron chi connectivity index (χ2n) is 6.14. The van der Waals surface area contributed by atoms with Crippen LogP contribution in [0.5, 0.6) is 5.75 Å². The molecule has 0 atom stereocenters. The third-order valence-corrected chi connectivity index (χ3v) is 5.39. The van der Waals surface area contributed by atoms with E-state index in [2.05, 4.69) is 13.8 Å². The molecule has 0 saturated heterocycles. The number of sulfonamides is 1. The lowest BCUT2D eigenvalue weighted by atomic mass is 10.2. The van der Waals surface area contributed by atoms with Gasteiger partial charge in [-0.15, -0.1) is 0 Å². The van der Waals surface area contributed by atoms with Crippen molar-refractivity contribution in [3.05, 3.63) is 48.4 Å². The van der Waals surface area contributed by atoms with Crippen molar-refractivity contribution in [1.82, 2.24) is 4.31 Å². The Bertz CT molecular complexity index is 723. The van der Waals surface area contributed by atoms with Crippen LogP contribution in [-0.4, -0.2) is 39.6 Å². The van der Waals surface area contributed by atoms with Gasteiger partial charge in [0.05, 0.1) is 30.6 Å². The highest BCUT2D eigenvalue weighted by Gasteiger charge is 2.24. The van der Waals surface area contributed by atoms with E-state index in [9.17, 15) is 8.42 Å². The Kier molecular flexibility index (Phi) is 7.04. The van der Waals surface area contributed by atoms with E-state index in [1.807, 2.05) is 0 Å². The molecule has 0 aliphatic rings. The third kappa shape index (κ3) is 5.59. The van der Waals surface area contributed by atoms with Gasteiger partial charge in [-0.3, -0.25) is 0 Å². The molecule has 0 saturated carbocycles. The number of benzene rings is 1. The molecule has 2 rings (SSSR count). The van der Waals surface area contributed by atoms with Gasteiger partial charge >= 0.3 is 0 Å². The van der Waals surface area contributed by atoms with Crippen molar-refractivity contribution in [2.75, 3.05) is 26.9 Å². The third-order valence-electron chi connectivity index (χ3n) is 3.53. The molecule has 0 N–H and O–H groups in total. The molecule has 0 aliphatic heterocycles. The van der Waals surface area contributed by atoms with Crippen molar-refractivity contribution >= 4 is 10.0 Å². The standard InChI is InChI=1S/C18H25NO5S/c1-15(2)13-24-17-4-6-18(7-5-17)25(20,21)19(9-11-22-3)12-16-8-10-23-14-16/h4-8,10,14-15H,9,11-13H2,1-3H3. The fraction of sp³-hybridized carbons (Fsp3) is 0.444. The van der Waals surface area contributed by atoms with Crippen molar-refractivity contribution in [3.63, 3.8) is 0 Å². The fourth-order valence-corrected chi connectivity index (χ4v) is 3.60. The molecule has 1 heterocycles. The van der Waals surface area contributed by atoms with Gasteiger partial charge in [-0.2, -0.15) is 4.31 Å². The molecule has 2 aromatic rings. The Hall–Kier alpha value is -1.83. The zero-order valence-corrected chi connectivity index (χ0v) is 15.7. The van der Waals surface area contributed by atoms with Crippen LogP contribution in [0.3, 0.4) is 0 Å². The first kappa shape index (κ1) is 19.5. The molecule has 0 amide bonds. The van der Waals surface area contributed by atoms with Gasteiger partial charge in [0.15, 0.2) is 0 Å². The first-order valence-electron chi connectivity index (χ1n) is 8.16. The van der Waals surface area contributed by atoms with E-state index in [0.717, 1.165) is 5.56 Å². The zero-order valence-electron chi connectivity index (χ0n) is 14.8. The largest absolute Gasteiger partial charge is 0.493 e. The summed E-state index contributed by atoms with van der Waals surface area (Å²) in [5.41, 5.74) is 0.788. The minimum absolute atomic E-state index is 0.226. The van der Waals surface area contributed by atoms with Crippen LogP contribution in [0.2, 0.25) is 0 Å². The first-order chi connectivity index (χ1) is 11.9. The molecule has 0 fully saturated rings. The number of hydrogen-bond acceptors (Lipinski definition) is 5. The Morgan fingerprint density at radius 2 is 1.88 bits per heavy atom. The zero-order chi connectivity index (χ0) is 18.3. The van der Waals surface area contributed by atoms with E-state index < -0.39 is 10.0 Å². The number of furan rings is 1. The maximum atomic E-state index is 12.9. The lowest BCUT2D eigenvalue weighted by Crippen LogP contribution is -2.33. The van der Waals surface area contributed by atoms with Gasteiger partial charge in [-0.25, -0.2) is 8.42 Å². The summed E-state index contributed by atoms with van der Waals surface area (Å²) in [7, 11) is -2.10. The second kappa shape index (κ2) is 9.03. The van der Waals surface area contributed by atoms with Crippen LogP contribution >= 0.6 is 0 Å². The summed E-state index contributed by atoms with van der Waals surface area (Å²) in [6.07, 6.45) is 3.06. The highest BCUT2D eigenvalue weighted by molar-refractivity contribution is 7.89. The molecule has 25 heavy (non-hydrogen) atoms. The highest BCUT2D eigenvalue weighted by atomic mass is 32.2. The number of rotatable bonds is 10. The maximum Gasteiger partial charge on any atom is 0.243 e. The molecule has 0 bridgehead atoms. The van der Waals surface area contributed by atoms with Crippen LogP contribution in [0, 0.1) is 5.92 Å². The van der Waals surface area contributed by atoms with E-state index in [1.165, 1.54) is 16.8 Å². The van der Waals surface area contributed by atoms with Crippen LogP contribution in [0.4, 0.5) is 0 Å². The van der Waals surface area contributed by atoms with Gasteiger partial charge in [0, 0.05) is 25.8 Å². The van der Waals surface area contributed by atoms with Crippen LogP contribution in [0.1, 0.15) is 19.4 Å². The molecular formula is C18H25NO5S. The van der Waals surface area contributed by atoms with Crippen molar-refractivity contribution in [2.45, 2.75) is 25.3 Å². The maximum absolute atomic E-state index is 12.9. The minimum Gasteiger partial charge on any atom is -0.493 e. The van der Waals surface area contributed by atoms with Crippen LogP contribution in [0.25, 0.3) is 0 Å². The predicted molar refractivity (Wildman–Crippen MR) is 95.0 cm³/mol. The van der Waals surface area contributed by atoms with Crippen LogP contribution in [0.15, 0.2) is 52.2 Å². The van der Waals surface area contributed by atoms with E-state index in [1.54, 1.807) is 37.4 Å². The van der Waals surface area contributed by atoms with Crippen molar-refractivity contribution in [2.24, 2.45) is 5.92 Å². The lowest BCUT2D eigenvalue weighted by Gasteiger charge is -2.21. The average Bonchev–Trinajstić information content (AvgIpc) is 3.10. The predicted octanol–water partition coefficient (Wildman–Crippen LogP) is 3.15. The normalized spacial score (nSPS) is 12.0. The number of ether oxygens (including phenoxy) is 2. The molecule has 0 unspecified atom stereocenters. The topological polar surface area (TPSA) is 69.0 Å². The van der Waals surface area contributed by atoms with Crippen molar-refractivity contribution in [3.8, 4) is 5.75 Å². The van der Waals surface area contributed by atoms with E-state index in [-0.39, 0.29) is 18.0 Å². The summed E-state index contributed by atoms with van der Waals surface area (Å²) in [5, 5.41) is 0. The van der Waals surface area contributed by atoms with Crippen LogP contribution < -0.4 is 4.74 Å². The van der Waals surface area contributed by atoms with Gasteiger partial charge in [0.2, 0.25) is 10.0 Å². The van der Waals surface area contributed by atoms with Gasteiger partial charge in [0.1, 0.15) is 5.75 Å². The fourth-order valence-electron chi connectivity index (χ4n) is 2.18. The summed E-state index contributed by atoms with van der Waals surface area (Å²) in [6.45, 7) is 5.51. The van der Waals surface area contributed by atoms with E-state index in [4.69, 9.17) is 13.9 Å². The molecule has 1 aromatic carbocycles. The Morgan fingerprint density at radius 3 is 2.44 bits per heavy atom. The number of nitrogens with zero attached hydrogens (tertiary/aromatic N) is 1. The van der Waals surface area contributed by atoms with Gasteiger partial charge in [-0.05, 0) is 36.2 Å². The Morgan fingerprint density at radius 1 is 1.16 bits per heavy atom. The molecule has 0 aliphatic carbocycles. The minimum atomic E-state index is -3.64. The lowest BCUT2D eigenvalue weighted by molar-refractivity contribution is 0.177. The van der Waals surface area contributed by atoms with Gasteiger partial charge in [0.25, 0.3) is 0 Å². The number of methoxy groups -OCH3 is 1. The molecule has 0 radical (unpaired) electrons. The quantitative estimate of drug-likeness (QED) is 0.645. The molecule has 0 spiro atoms. The van der Waals surface area contributed by atoms with E-state index in [0.29, 0.717) is 24.9 Å². The Labute approximate surface area is 149 Å². The molecule has 6 nitrogen and oxygen atoms in total. The summed E-state index contributed by atoms with van der Waals surface area (Å²) < 4.78 is 42.9.